The van der Waals surface area contributed by atoms with Crippen LogP contribution < -0.4 is 34.7 Å². The van der Waals surface area contributed by atoms with E-state index in [1.165, 1.54) is 24.3 Å². The number of hydrogen-bond acceptors (Lipinski definition) is 2. The molecule has 0 aliphatic heterocycles. The van der Waals surface area contributed by atoms with Gasteiger partial charge in [0.15, 0.2) is 0 Å². The SMILES string of the molecule is O=Cc1ccc([O-])cc1.[Na+]. The van der Waals surface area contributed by atoms with Gasteiger partial charge in [0.2, 0.25) is 0 Å². The summed E-state index contributed by atoms with van der Waals surface area (Å²) in [6, 6.07) is 5.72. The zero-order chi connectivity index (χ0) is 6.69. The van der Waals surface area contributed by atoms with Crippen LogP contribution >= 0.6 is 0 Å². The van der Waals surface area contributed by atoms with Crippen molar-refractivity contribution in [2.75, 3.05) is 0 Å². The summed E-state index contributed by atoms with van der Waals surface area (Å²) in [5.74, 6) is -0.0689. The summed E-state index contributed by atoms with van der Waals surface area (Å²) in [5.41, 5.74) is 0.537. The molecule has 0 aliphatic carbocycles. The molecule has 0 saturated carbocycles. The van der Waals surface area contributed by atoms with Crippen LogP contribution in [-0.2, 0) is 0 Å². The van der Waals surface area contributed by atoms with Crippen LogP contribution in [0.25, 0.3) is 0 Å². The van der Waals surface area contributed by atoms with E-state index in [1.807, 2.05) is 0 Å². The second kappa shape index (κ2) is 4.50. The summed E-state index contributed by atoms with van der Waals surface area (Å²) in [7, 11) is 0. The fourth-order valence-corrected chi connectivity index (χ4v) is 0.546. The summed E-state index contributed by atoms with van der Waals surface area (Å²) >= 11 is 0. The van der Waals surface area contributed by atoms with Crippen molar-refractivity contribution in [3.63, 3.8) is 0 Å². The summed E-state index contributed by atoms with van der Waals surface area (Å²) in [6.45, 7) is 0. The van der Waals surface area contributed by atoms with Crippen molar-refractivity contribution in [2.45, 2.75) is 0 Å². The zero-order valence-electron chi connectivity index (χ0n) is 5.70. The van der Waals surface area contributed by atoms with Crippen molar-refractivity contribution in [1.82, 2.24) is 0 Å². The van der Waals surface area contributed by atoms with Crippen molar-refractivity contribution < 1.29 is 39.5 Å². The van der Waals surface area contributed by atoms with Gasteiger partial charge in [-0.3, -0.25) is 4.79 Å². The van der Waals surface area contributed by atoms with Crippen LogP contribution in [-0.4, -0.2) is 6.29 Å². The fourth-order valence-electron chi connectivity index (χ4n) is 0.546. The summed E-state index contributed by atoms with van der Waals surface area (Å²) in [4.78, 5) is 10.0. The molecule has 1 aromatic carbocycles. The maximum atomic E-state index is 10.4. The number of carbonyl (C=O) groups excluding carboxylic acids is 1. The van der Waals surface area contributed by atoms with Crippen LogP contribution in [0.3, 0.4) is 0 Å². The number of benzene rings is 1. The third-order valence-corrected chi connectivity index (χ3v) is 1.02. The summed E-state index contributed by atoms with van der Waals surface area (Å²) in [5, 5.41) is 10.4. The molecule has 1 aromatic rings. The second-order valence-electron chi connectivity index (χ2n) is 1.69. The van der Waals surface area contributed by atoms with Crippen molar-refractivity contribution >= 4 is 6.29 Å². The average Bonchev–Trinajstić information content (AvgIpc) is 1.90. The van der Waals surface area contributed by atoms with E-state index >= 15 is 0 Å². The Morgan fingerprint density at radius 2 is 1.70 bits per heavy atom. The Morgan fingerprint density at radius 3 is 2.10 bits per heavy atom. The molecule has 0 heterocycles. The first kappa shape index (κ1) is 9.69. The smallest absolute Gasteiger partial charge is 0.872 e. The van der Waals surface area contributed by atoms with E-state index in [4.69, 9.17) is 0 Å². The minimum absolute atomic E-state index is 0. The van der Waals surface area contributed by atoms with Crippen LogP contribution in [0.5, 0.6) is 5.75 Å². The van der Waals surface area contributed by atoms with E-state index in [9.17, 15) is 9.90 Å². The molecule has 0 aliphatic rings. The Bertz CT molecular complexity index is 205. The van der Waals surface area contributed by atoms with E-state index in [0.717, 1.165) is 0 Å². The Hall–Kier alpha value is -0.310. The van der Waals surface area contributed by atoms with Gasteiger partial charge in [0.05, 0.1) is 0 Å². The summed E-state index contributed by atoms with van der Waals surface area (Å²) < 4.78 is 0. The maximum Gasteiger partial charge on any atom is 1.00 e. The molecule has 0 radical (unpaired) electrons. The predicted octanol–water partition coefficient (Wildman–Crippen LogP) is -2.42. The van der Waals surface area contributed by atoms with Gasteiger partial charge in [0.25, 0.3) is 0 Å². The first-order valence-electron chi connectivity index (χ1n) is 2.55. The Kier molecular flexibility index (Phi) is 4.36. The molecule has 46 valence electrons. The Labute approximate surface area is 81.2 Å². The van der Waals surface area contributed by atoms with Crippen LogP contribution in [0.2, 0.25) is 0 Å². The first-order chi connectivity index (χ1) is 4.33. The van der Waals surface area contributed by atoms with Crippen LogP contribution in [0.4, 0.5) is 0 Å². The molecule has 0 atom stereocenters. The van der Waals surface area contributed by atoms with Gasteiger partial charge >= 0.3 is 29.6 Å². The fraction of sp³-hybridized carbons (Fsp3) is 0. The molecule has 0 amide bonds. The van der Waals surface area contributed by atoms with Crippen molar-refractivity contribution in [3.05, 3.63) is 29.8 Å². The van der Waals surface area contributed by atoms with Crippen LogP contribution in [0.15, 0.2) is 24.3 Å². The van der Waals surface area contributed by atoms with Gasteiger partial charge in [-0.15, -0.1) is 5.75 Å². The molecule has 0 fully saturated rings. The van der Waals surface area contributed by atoms with Gasteiger partial charge in [0, 0.05) is 5.56 Å². The topological polar surface area (TPSA) is 40.1 Å². The van der Waals surface area contributed by atoms with Crippen molar-refractivity contribution in [1.29, 1.82) is 0 Å². The standard InChI is InChI=1S/C7H6O2.Na/c8-5-6-1-3-7(9)4-2-6;/h1-5,9H;/q;+1/p-1. The van der Waals surface area contributed by atoms with Gasteiger partial charge in [0.1, 0.15) is 6.29 Å². The number of rotatable bonds is 1. The minimum atomic E-state index is -0.0689. The largest absolute Gasteiger partial charge is 1.00 e. The van der Waals surface area contributed by atoms with Crippen LogP contribution in [0, 0.1) is 0 Å². The molecule has 0 N–H and O–H groups in total. The van der Waals surface area contributed by atoms with Gasteiger partial charge in [-0.05, 0) is 0 Å². The number of hydrogen-bond donors (Lipinski definition) is 0. The molecule has 10 heavy (non-hydrogen) atoms. The predicted molar refractivity (Wildman–Crippen MR) is 31.3 cm³/mol. The van der Waals surface area contributed by atoms with E-state index in [0.29, 0.717) is 11.8 Å². The number of carbonyl (C=O) groups is 1. The minimum Gasteiger partial charge on any atom is -0.872 e. The third kappa shape index (κ3) is 2.52. The van der Waals surface area contributed by atoms with E-state index < -0.39 is 0 Å². The molecule has 0 unspecified atom stereocenters. The maximum absolute atomic E-state index is 10.4. The normalized spacial score (nSPS) is 8.00. The molecule has 0 saturated heterocycles. The van der Waals surface area contributed by atoms with E-state index in [1.54, 1.807) is 0 Å². The van der Waals surface area contributed by atoms with E-state index in [2.05, 4.69) is 0 Å². The quantitative estimate of drug-likeness (QED) is 0.325. The molecule has 2 nitrogen and oxygen atoms in total. The van der Waals surface area contributed by atoms with Crippen LogP contribution in [0.1, 0.15) is 10.4 Å². The third-order valence-electron chi connectivity index (χ3n) is 1.02. The van der Waals surface area contributed by atoms with Crippen molar-refractivity contribution in [3.8, 4) is 5.75 Å². The molecule has 1 rings (SSSR count). The summed E-state index contributed by atoms with van der Waals surface area (Å²) in [6.07, 6.45) is 0.708. The monoisotopic (exact) mass is 144 g/mol. The first-order valence-corrected chi connectivity index (χ1v) is 2.55. The Balaban J connectivity index is 0.000000810. The Morgan fingerprint density at radius 1 is 1.20 bits per heavy atom. The zero-order valence-corrected chi connectivity index (χ0v) is 7.70. The van der Waals surface area contributed by atoms with Gasteiger partial charge in [-0.25, -0.2) is 0 Å². The van der Waals surface area contributed by atoms with Gasteiger partial charge in [-0.1, -0.05) is 24.3 Å². The van der Waals surface area contributed by atoms with Crippen molar-refractivity contribution in [2.24, 2.45) is 0 Å². The molecule has 0 bridgehead atoms. The molecule has 0 aromatic heterocycles. The number of aldehydes is 1. The van der Waals surface area contributed by atoms with E-state index in [-0.39, 0.29) is 35.3 Å². The second-order valence-corrected chi connectivity index (χ2v) is 1.69. The molecule has 3 heteroatoms. The average molecular weight is 144 g/mol. The van der Waals surface area contributed by atoms with Gasteiger partial charge < -0.3 is 5.11 Å². The van der Waals surface area contributed by atoms with Gasteiger partial charge in [-0.2, -0.15) is 0 Å². The molecule has 0 spiro atoms. The molecular weight excluding hydrogens is 139 g/mol. The molecular formula is C7H5NaO2.